The molecular weight excluding hydrogens is 326 g/mol. The molecule has 1 heterocycles. The van der Waals surface area contributed by atoms with E-state index in [4.69, 9.17) is 11.6 Å². The standard InChI is InChI=1S/C18H20ClN3O2/c1-13-16(19)7-5-8-17(13)22(14(2)23)11-9-18(24)21-12-15-6-3-4-10-20-15/h3-8,10H,9,11-12H2,1-2H3,(H,21,24). The van der Waals surface area contributed by atoms with E-state index < -0.39 is 0 Å². The van der Waals surface area contributed by atoms with Gasteiger partial charge in [0.25, 0.3) is 0 Å². The molecule has 2 aromatic rings. The van der Waals surface area contributed by atoms with Crippen LogP contribution in [-0.4, -0.2) is 23.3 Å². The number of nitrogens with zero attached hydrogens (tertiary/aromatic N) is 2. The molecule has 1 aromatic carbocycles. The maximum atomic E-state index is 12.0. The van der Waals surface area contributed by atoms with Crippen LogP contribution in [0.2, 0.25) is 5.02 Å². The number of aromatic nitrogens is 1. The Bertz CT molecular complexity index is 719. The molecule has 1 aromatic heterocycles. The first kappa shape index (κ1) is 17.9. The summed E-state index contributed by atoms with van der Waals surface area (Å²) in [7, 11) is 0. The summed E-state index contributed by atoms with van der Waals surface area (Å²) in [6.07, 6.45) is 1.89. The molecule has 126 valence electrons. The summed E-state index contributed by atoms with van der Waals surface area (Å²) in [4.78, 5) is 29.7. The fourth-order valence-corrected chi connectivity index (χ4v) is 2.50. The van der Waals surface area contributed by atoms with Gasteiger partial charge in [-0.05, 0) is 36.8 Å². The SMILES string of the molecule is CC(=O)N(CCC(=O)NCc1ccccn1)c1cccc(Cl)c1C. The van der Waals surface area contributed by atoms with Crippen molar-refractivity contribution in [3.05, 3.63) is 58.9 Å². The Morgan fingerprint density at radius 1 is 1.21 bits per heavy atom. The predicted octanol–water partition coefficient (Wildman–Crippen LogP) is 3.10. The molecule has 1 N–H and O–H groups in total. The van der Waals surface area contributed by atoms with Crippen LogP contribution in [0.3, 0.4) is 0 Å². The van der Waals surface area contributed by atoms with E-state index in [1.165, 1.54) is 6.92 Å². The van der Waals surface area contributed by atoms with Crippen LogP contribution < -0.4 is 10.2 Å². The van der Waals surface area contributed by atoms with Crippen LogP contribution in [-0.2, 0) is 16.1 Å². The van der Waals surface area contributed by atoms with Gasteiger partial charge in [-0.15, -0.1) is 0 Å². The Balaban J connectivity index is 1.95. The fourth-order valence-electron chi connectivity index (χ4n) is 2.33. The van der Waals surface area contributed by atoms with Gasteiger partial charge in [0.2, 0.25) is 11.8 Å². The van der Waals surface area contributed by atoms with Gasteiger partial charge in [0, 0.05) is 36.8 Å². The van der Waals surface area contributed by atoms with Crippen molar-refractivity contribution in [1.29, 1.82) is 0 Å². The number of pyridine rings is 1. The van der Waals surface area contributed by atoms with Crippen LogP contribution in [0.1, 0.15) is 24.6 Å². The van der Waals surface area contributed by atoms with E-state index in [0.29, 0.717) is 18.1 Å². The second kappa shape index (κ2) is 8.45. The number of benzene rings is 1. The molecule has 0 fully saturated rings. The van der Waals surface area contributed by atoms with Gasteiger partial charge in [0.05, 0.1) is 12.2 Å². The molecule has 0 aliphatic rings. The molecule has 0 aliphatic carbocycles. The van der Waals surface area contributed by atoms with E-state index in [2.05, 4.69) is 10.3 Å². The average Bonchev–Trinajstić information content (AvgIpc) is 2.57. The number of nitrogens with one attached hydrogen (secondary N) is 1. The highest BCUT2D eigenvalue weighted by molar-refractivity contribution is 6.31. The van der Waals surface area contributed by atoms with Gasteiger partial charge in [-0.1, -0.05) is 23.7 Å². The summed E-state index contributed by atoms with van der Waals surface area (Å²) in [5, 5.41) is 3.40. The number of halogens is 1. The Labute approximate surface area is 146 Å². The smallest absolute Gasteiger partial charge is 0.223 e. The molecule has 2 amide bonds. The fraction of sp³-hybridized carbons (Fsp3) is 0.278. The number of hydrogen-bond acceptors (Lipinski definition) is 3. The van der Waals surface area contributed by atoms with E-state index in [0.717, 1.165) is 16.9 Å². The maximum absolute atomic E-state index is 12.0. The minimum Gasteiger partial charge on any atom is -0.350 e. The van der Waals surface area contributed by atoms with Gasteiger partial charge in [-0.3, -0.25) is 14.6 Å². The zero-order chi connectivity index (χ0) is 17.5. The Kier molecular flexibility index (Phi) is 6.32. The number of anilines is 1. The topological polar surface area (TPSA) is 62.3 Å². The molecule has 0 radical (unpaired) electrons. The molecule has 0 unspecified atom stereocenters. The van der Waals surface area contributed by atoms with Gasteiger partial charge >= 0.3 is 0 Å². The van der Waals surface area contributed by atoms with Gasteiger partial charge < -0.3 is 10.2 Å². The third-order valence-corrected chi connectivity index (χ3v) is 4.07. The zero-order valence-electron chi connectivity index (χ0n) is 13.8. The van der Waals surface area contributed by atoms with Gasteiger partial charge in [0.1, 0.15) is 0 Å². The van der Waals surface area contributed by atoms with Crippen molar-refractivity contribution in [3.63, 3.8) is 0 Å². The van der Waals surface area contributed by atoms with E-state index in [-0.39, 0.29) is 18.2 Å². The van der Waals surface area contributed by atoms with E-state index in [1.807, 2.05) is 31.2 Å². The van der Waals surface area contributed by atoms with E-state index in [1.54, 1.807) is 23.2 Å². The lowest BCUT2D eigenvalue weighted by Crippen LogP contribution is -2.34. The van der Waals surface area contributed by atoms with Crippen LogP contribution in [0.15, 0.2) is 42.6 Å². The first-order valence-corrected chi connectivity index (χ1v) is 8.06. The van der Waals surface area contributed by atoms with Crippen molar-refractivity contribution in [1.82, 2.24) is 10.3 Å². The first-order chi connectivity index (χ1) is 11.5. The molecule has 0 bridgehead atoms. The lowest BCUT2D eigenvalue weighted by molar-refractivity contribution is -0.121. The molecule has 0 aliphatic heterocycles. The molecule has 6 heteroatoms. The van der Waals surface area contributed by atoms with Crippen molar-refractivity contribution in [2.75, 3.05) is 11.4 Å². The molecule has 0 spiro atoms. The number of amides is 2. The minimum absolute atomic E-state index is 0.127. The van der Waals surface area contributed by atoms with Gasteiger partial charge in [-0.25, -0.2) is 0 Å². The Hall–Kier alpha value is -2.40. The van der Waals surface area contributed by atoms with Crippen LogP contribution in [0.5, 0.6) is 0 Å². The largest absolute Gasteiger partial charge is 0.350 e. The second-order valence-corrected chi connectivity index (χ2v) is 5.81. The number of carbonyl (C=O) groups excluding carboxylic acids is 2. The highest BCUT2D eigenvalue weighted by Crippen LogP contribution is 2.26. The zero-order valence-corrected chi connectivity index (χ0v) is 14.5. The van der Waals surface area contributed by atoms with Gasteiger partial charge in [0.15, 0.2) is 0 Å². The quantitative estimate of drug-likeness (QED) is 0.875. The monoisotopic (exact) mass is 345 g/mol. The van der Waals surface area contributed by atoms with Crippen LogP contribution in [0.4, 0.5) is 5.69 Å². The maximum Gasteiger partial charge on any atom is 0.223 e. The molecular formula is C18H20ClN3O2. The van der Waals surface area contributed by atoms with Crippen LogP contribution in [0, 0.1) is 6.92 Å². The molecule has 5 nitrogen and oxygen atoms in total. The third kappa shape index (κ3) is 4.80. The highest BCUT2D eigenvalue weighted by Gasteiger charge is 2.16. The summed E-state index contributed by atoms with van der Waals surface area (Å²) in [5.41, 5.74) is 2.34. The van der Waals surface area contributed by atoms with Gasteiger partial charge in [-0.2, -0.15) is 0 Å². The highest BCUT2D eigenvalue weighted by atomic mass is 35.5. The molecule has 2 rings (SSSR count). The van der Waals surface area contributed by atoms with Crippen molar-refractivity contribution in [2.45, 2.75) is 26.8 Å². The minimum atomic E-state index is -0.133. The molecule has 0 saturated carbocycles. The summed E-state index contributed by atoms with van der Waals surface area (Å²) in [6, 6.07) is 10.9. The third-order valence-electron chi connectivity index (χ3n) is 3.67. The molecule has 0 atom stereocenters. The van der Waals surface area contributed by atoms with Crippen LogP contribution in [0.25, 0.3) is 0 Å². The summed E-state index contributed by atoms with van der Waals surface area (Å²) < 4.78 is 0. The number of carbonyl (C=O) groups is 2. The van der Waals surface area contributed by atoms with E-state index >= 15 is 0 Å². The summed E-state index contributed by atoms with van der Waals surface area (Å²) >= 11 is 6.12. The molecule has 0 saturated heterocycles. The van der Waals surface area contributed by atoms with Crippen molar-refractivity contribution in [2.24, 2.45) is 0 Å². The summed E-state index contributed by atoms with van der Waals surface area (Å²) in [6.45, 7) is 4.00. The predicted molar refractivity (Wildman–Crippen MR) is 94.9 cm³/mol. The van der Waals surface area contributed by atoms with Crippen LogP contribution >= 0.6 is 11.6 Å². The lowest BCUT2D eigenvalue weighted by Gasteiger charge is -2.23. The van der Waals surface area contributed by atoms with Crippen molar-refractivity contribution < 1.29 is 9.59 Å². The second-order valence-electron chi connectivity index (χ2n) is 5.40. The Morgan fingerprint density at radius 2 is 2.00 bits per heavy atom. The van der Waals surface area contributed by atoms with Crippen molar-refractivity contribution in [3.8, 4) is 0 Å². The normalized spacial score (nSPS) is 10.3. The van der Waals surface area contributed by atoms with Crippen molar-refractivity contribution >= 4 is 29.1 Å². The first-order valence-electron chi connectivity index (χ1n) is 7.69. The number of rotatable bonds is 6. The van der Waals surface area contributed by atoms with E-state index in [9.17, 15) is 9.59 Å². The number of hydrogen-bond donors (Lipinski definition) is 1. The summed E-state index contributed by atoms with van der Waals surface area (Å²) in [5.74, 6) is -0.260. The molecule has 24 heavy (non-hydrogen) atoms. The Morgan fingerprint density at radius 3 is 2.67 bits per heavy atom. The average molecular weight is 346 g/mol. The lowest BCUT2D eigenvalue weighted by atomic mass is 10.1.